The van der Waals surface area contributed by atoms with Gasteiger partial charge in [0.25, 0.3) is 5.91 Å². The largest absolute Gasteiger partial charge is 0.395 e. The summed E-state index contributed by atoms with van der Waals surface area (Å²) in [4.78, 5) is 39.8. The Hall–Kier alpha value is -5.11. The first-order valence-corrected chi connectivity index (χ1v) is 16.4. The molecule has 1 saturated heterocycles. The van der Waals surface area contributed by atoms with Crippen LogP contribution < -0.4 is 5.73 Å². The third-order valence-corrected chi connectivity index (χ3v) is 9.98. The second-order valence-electron chi connectivity index (χ2n) is 11.7. The standard InChI is InChI=1S/C34H34N8O4S/c1-21-3-7-26(8-4-21)47(46)42-30-10-5-23(34(45)40-13-11-39(12-14-40)15-16-43)17-24(30)18-31(42)32(44)27-20-36-41(33(27)35)25-6-9-28-29(19-25)38-22(2)37-28/h3-10,17-20,43H,11-16,35H2,1-2H3,(H,37,38). The molecule has 0 spiro atoms. The lowest BCUT2D eigenvalue weighted by Crippen LogP contribution is -2.49. The Balaban J connectivity index is 1.27. The van der Waals surface area contributed by atoms with Crippen LogP contribution in [0.5, 0.6) is 0 Å². The van der Waals surface area contributed by atoms with E-state index in [0.717, 1.165) is 22.4 Å². The van der Waals surface area contributed by atoms with Crippen LogP contribution in [0.3, 0.4) is 0 Å². The van der Waals surface area contributed by atoms with Crippen LogP contribution in [-0.2, 0) is 11.0 Å². The van der Waals surface area contributed by atoms with E-state index in [4.69, 9.17) is 5.73 Å². The zero-order valence-electron chi connectivity index (χ0n) is 26.0. The first-order chi connectivity index (χ1) is 22.7. The Labute approximate surface area is 273 Å². The molecule has 0 radical (unpaired) electrons. The van der Waals surface area contributed by atoms with Gasteiger partial charge in [-0.25, -0.2) is 13.9 Å². The molecule has 240 valence electrons. The van der Waals surface area contributed by atoms with Crippen LogP contribution in [0, 0.1) is 13.8 Å². The van der Waals surface area contributed by atoms with E-state index >= 15 is 0 Å². The highest BCUT2D eigenvalue weighted by Crippen LogP contribution is 2.29. The van der Waals surface area contributed by atoms with Crippen molar-refractivity contribution in [1.82, 2.24) is 33.5 Å². The summed E-state index contributed by atoms with van der Waals surface area (Å²) < 4.78 is 17.1. The first kappa shape index (κ1) is 30.5. The first-order valence-electron chi connectivity index (χ1n) is 15.3. The van der Waals surface area contributed by atoms with Gasteiger partial charge in [-0.1, -0.05) is 17.7 Å². The lowest BCUT2D eigenvalue weighted by Gasteiger charge is -2.34. The number of aromatic nitrogens is 5. The van der Waals surface area contributed by atoms with Crippen LogP contribution in [0.15, 0.2) is 77.8 Å². The number of piperazine rings is 1. The van der Waals surface area contributed by atoms with Gasteiger partial charge in [0.1, 0.15) is 17.3 Å². The maximum Gasteiger partial charge on any atom is 0.253 e. The van der Waals surface area contributed by atoms with Crippen LogP contribution in [0.1, 0.15) is 37.8 Å². The normalized spacial score (nSPS) is 14.7. The molecule has 1 aliphatic heterocycles. The van der Waals surface area contributed by atoms with Crippen molar-refractivity contribution in [3.63, 3.8) is 0 Å². The number of carbonyl (C=O) groups excluding carboxylic acids is 2. The van der Waals surface area contributed by atoms with Gasteiger partial charge in [0.15, 0.2) is 11.0 Å². The molecule has 3 aromatic heterocycles. The molecule has 1 fully saturated rings. The molecular formula is C34H34N8O4S. The Morgan fingerprint density at radius 2 is 1.74 bits per heavy atom. The van der Waals surface area contributed by atoms with Gasteiger partial charge < -0.3 is 20.7 Å². The fraction of sp³-hybridized carbons (Fsp3) is 0.235. The topological polar surface area (TPSA) is 155 Å². The molecule has 13 heteroatoms. The van der Waals surface area contributed by atoms with E-state index in [2.05, 4.69) is 20.0 Å². The third-order valence-electron chi connectivity index (χ3n) is 8.58. The number of aliphatic hydroxyl groups is 1. The van der Waals surface area contributed by atoms with Gasteiger partial charge in [0.05, 0.1) is 45.5 Å². The highest BCUT2D eigenvalue weighted by Gasteiger charge is 2.27. The van der Waals surface area contributed by atoms with E-state index in [1.807, 2.05) is 44.2 Å². The fourth-order valence-corrected chi connectivity index (χ4v) is 7.29. The maximum absolute atomic E-state index is 14.3. The third kappa shape index (κ3) is 5.62. The van der Waals surface area contributed by atoms with Crippen molar-refractivity contribution in [1.29, 1.82) is 0 Å². The molecule has 1 aliphatic rings. The lowest BCUT2D eigenvalue weighted by molar-refractivity contribution is 0.0615. The number of aliphatic hydroxyl groups excluding tert-OH is 1. The molecule has 6 aromatic rings. The summed E-state index contributed by atoms with van der Waals surface area (Å²) in [6, 6.07) is 19.7. The number of anilines is 1. The number of aryl methyl sites for hydroxylation is 2. The minimum absolute atomic E-state index is 0.0830. The molecule has 3 aromatic carbocycles. The van der Waals surface area contributed by atoms with Crippen LogP contribution >= 0.6 is 0 Å². The number of benzene rings is 3. The number of imidazole rings is 1. The SMILES string of the molecule is Cc1ccc(S(=O)n2c(C(=O)c3cnn(-c4ccc5nc(C)[nH]c5c4)c3N)cc3cc(C(=O)N4CCN(CCO)CC4)ccc32)cc1. The number of rotatable bonds is 8. The second kappa shape index (κ2) is 12.2. The molecule has 0 aliphatic carbocycles. The maximum atomic E-state index is 14.3. The van der Waals surface area contributed by atoms with E-state index in [-0.39, 0.29) is 29.6 Å². The van der Waals surface area contributed by atoms with E-state index in [1.165, 1.54) is 14.9 Å². The fourth-order valence-electron chi connectivity index (χ4n) is 6.05. The van der Waals surface area contributed by atoms with Gasteiger partial charge in [-0.2, -0.15) is 5.10 Å². The number of aromatic amines is 1. The number of β-amino-alcohol motifs (C(OH)–C–C–N with tert-alkyl or cyclic N) is 1. The lowest BCUT2D eigenvalue weighted by atomic mass is 10.1. The van der Waals surface area contributed by atoms with E-state index in [0.29, 0.717) is 59.8 Å². The summed E-state index contributed by atoms with van der Waals surface area (Å²) in [6.07, 6.45) is 1.42. The van der Waals surface area contributed by atoms with Crippen molar-refractivity contribution in [3.8, 4) is 5.69 Å². The highest BCUT2D eigenvalue weighted by atomic mass is 32.2. The molecule has 7 rings (SSSR count). The van der Waals surface area contributed by atoms with Crippen molar-refractivity contribution in [2.75, 3.05) is 45.1 Å². The minimum Gasteiger partial charge on any atom is -0.395 e. The quantitative estimate of drug-likeness (QED) is 0.212. The number of amides is 1. The molecule has 1 atom stereocenters. The molecule has 12 nitrogen and oxygen atoms in total. The summed E-state index contributed by atoms with van der Waals surface area (Å²) in [5.74, 6) is 0.351. The van der Waals surface area contributed by atoms with Gasteiger partial charge in [0, 0.05) is 43.7 Å². The summed E-state index contributed by atoms with van der Waals surface area (Å²) in [6.45, 7) is 6.96. The van der Waals surface area contributed by atoms with Crippen molar-refractivity contribution >= 4 is 50.4 Å². The van der Waals surface area contributed by atoms with Gasteiger partial charge in [0.2, 0.25) is 5.78 Å². The number of nitrogen functional groups attached to an aromatic ring is 1. The molecule has 0 bridgehead atoms. The average Bonchev–Trinajstić information content (AvgIpc) is 3.77. The van der Waals surface area contributed by atoms with Gasteiger partial charge >= 0.3 is 0 Å². The number of hydrogen-bond donors (Lipinski definition) is 3. The molecule has 47 heavy (non-hydrogen) atoms. The van der Waals surface area contributed by atoms with Crippen LogP contribution in [0.25, 0.3) is 27.6 Å². The van der Waals surface area contributed by atoms with Gasteiger partial charge in [-0.05, 0) is 68.4 Å². The zero-order chi connectivity index (χ0) is 32.8. The van der Waals surface area contributed by atoms with Crippen molar-refractivity contribution in [3.05, 3.63) is 101 Å². The van der Waals surface area contributed by atoms with Crippen LogP contribution in [0.2, 0.25) is 0 Å². The predicted octanol–water partition coefficient (Wildman–Crippen LogP) is 3.45. The predicted molar refractivity (Wildman–Crippen MR) is 180 cm³/mol. The smallest absolute Gasteiger partial charge is 0.253 e. The molecule has 4 heterocycles. The minimum atomic E-state index is -1.79. The number of nitrogens with two attached hydrogens (primary N) is 1. The van der Waals surface area contributed by atoms with Crippen LogP contribution in [-0.4, -0.2) is 93.9 Å². The Kier molecular flexibility index (Phi) is 7.96. The number of hydrogen-bond acceptors (Lipinski definition) is 8. The Morgan fingerprint density at radius 3 is 2.49 bits per heavy atom. The number of H-pyrrole nitrogens is 1. The van der Waals surface area contributed by atoms with E-state index < -0.39 is 16.8 Å². The molecule has 4 N–H and O–H groups in total. The number of ketones is 1. The number of nitrogens with zero attached hydrogens (tertiary/aromatic N) is 6. The van der Waals surface area contributed by atoms with E-state index in [9.17, 15) is 18.9 Å². The van der Waals surface area contributed by atoms with Gasteiger partial charge in [-0.3, -0.25) is 18.5 Å². The summed E-state index contributed by atoms with van der Waals surface area (Å²) in [5.41, 5.74) is 11.2. The molecule has 0 saturated carbocycles. The zero-order valence-corrected chi connectivity index (χ0v) is 26.8. The molecule has 1 amide bonds. The summed E-state index contributed by atoms with van der Waals surface area (Å²) >= 11 is 0. The second-order valence-corrected chi connectivity index (χ2v) is 13.1. The van der Waals surface area contributed by atoms with E-state index in [1.54, 1.807) is 41.3 Å². The average molecular weight is 651 g/mol. The van der Waals surface area contributed by atoms with Crippen LogP contribution in [0.4, 0.5) is 5.82 Å². The Morgan fingerprint density at radius 1 is 0.979 bits per heavy atom. The van der Waals surface area contributed by atoms with Crippen molar-refractivity contribution in [2.24, 2.45) is 0 Å². The van der Waals surface area contributed by atoms with Crippen molar-refractivity contribution in [2.45, 2.75) is 18.7 Å². The van der Waals surface area contributed by atoms with Gasteiger partial charge in [-0.15, -0.1) is 0 Å². The summed E-state index contributed by atoms with van der Waals surface area (Å²) in [5, 5.41) is 14.3. The molecular weight excluding hydrogens is 616 g/mol. The number of nitrogens with one attached hydrogen (secondary N) is 1. The number of carbonyl (C=O) groups is 2. The van der Waals surface area contributed by atoms with Crippen molar-refractivity contribution < 1.29 is 18.9 Å². The Bertz CT molecular complexity index is 2170. The highest BCUT2D eigenvalue weighted by molar-refractivity contribution is 7.83. The number of fused-ring (bicyclic) bond motifs is 2. The monoisotopic (exact) mass is 650 g/mol. The summed E-state index contributed by atoms with van der Waals surface area (Å²) in [7, 11) is -1.79. The molecule has 1 unspecified atom stereocenters.